The van der Waals surface area contributed by atoms with E-state index in [1.807, 2.05) is 18.4 Å². The lowest BCUT2D eigenvalue weighted by atomic mass is 10.1. The van der Waals surface area contributed by atoms with Gasteiger partial charge in [0, 0.05) is 4.90 Å². The van der Waals surface area contributed by atoms with Gasteiger partial charge in [0.15, 0.2) is 0 Å². The second kappa shape index (κ2) is 9.70. The van der Waals surface area contributed by atoms with E-state index < -0.39 is 5.97 Å². The molecule has 20 heavy (non-hydrogen) atoms. The Labute approximate surface area is 125 Å². The number of rotatable bonds is 10. The first kappa shape index (κ1) is 16.9. The van der Waals surface area contributed by atoms with Gasteiger partial charge in [-0.2, -0.15) is 0 Å². The van der Waals surface area contributed by atoms with Crippen molar-refractivity contribution >= 4 is 17.7 Å². The number of carboxylic acids is 1. The molecule has 0 aromatic heterocycles. The lowest BCUT2D eigenvalue weighted by Gasteiger charge is -2.11. The van der Waals surface area contributed by atoms with Gasteiger partial charge in [0.1, 0.15) is 11.3 Å². The first-order valence-corrected chi connectivity index (χ1v) is 8.46. The lowest BCUT2D eigenvalue weighted by molar-refractivity contribution is 0.0688. The number of hydrogen-bond donors (Lipinski definition) is 1. The molecule has 0 heterocycles. The van der Waals surface area contributed by atoms with E-state index in [-0.39, 0.29) is 5.56 Å². The van der Waals surface area contributed by atoms with Crippen LogP contribution >= 0.6 is 11.8 Å². The van der Waals surface area contributed by atoms with Crippen molar-refractivity contribution in [3.8, 4) is 5.75 Å². The van der Waals surface area contributed by atoms with Crippen molar-refractivity contribution in [1.29, 1.82) is 0 Å². The second-order valence-electron chi connectivity index (χ2n) is 4.75. The van der Waals surface area contributed by atoms with Gasteiger partial charge in [-0.3, -0.25) is 0 Å². The van der Waals surface area contributed by atoms with Crippen LogP contribution in [0.2, 0.25) is 0 Å². The van der Waals surface area contributed by atoms with Crippen molar-refractivity contribution in [2.75, 3.05) is 12.9 Å². The molecule has 3 nitrogen and oxygen atoms in total. The van der Waals surface area contributed by atoms with Crippen LogP contribution < -0.4 is 4.74 Å². The summed E-state index contributed by atoms with van der Waals surface area (Å²) in [5.74, 6) is -0.439. The Morgan fingerprint density at radius 1 is 1.20 bits per heavy atom. The molecule has 0 aliphatic rings. The highest BCUT2D eigenvalue weighted by Crippen LogP contribution is 2.29. The predicted molar refractivity (Wildman–Crippen MR) is 84.1 cm³/mol. The number of benzene rings is 1. The fourth-order valence-electron chi connectivity index (χ4n) is 2.08. The lowest BCUT2D eigenvalue weighted by Crippen LogP contribution is -2.06. The first-order valence-electron chi connectivity index (χ1n) is 7.23. The summed E-state index contributed by atoms with van der Waals surface area (Å²) >= 11 is 1.43. The Kier molecular flexibility index (Phi) is 8.19. The third-order valence-corrected chi connectivity index (χ3v) is 3.96. The molecule has 0 bridgehead atoms. The van der Waals surface area contributed by atoms with E-state index in [4.69, 9.17) is 4.74 Å². The Morgan fingerprint density at radius 3 is 2.55 bits per heavy atom. The van der Waals surface area contributed by atoms with Crippen LogP contribution in [0.25, 0.3) is 0 Å². The highest BCUT2D eigenvalue weighted by molar-refractivity contribution is 7.98. The highest BCUT2D eigenvalue weighted by atomic mass is 32.2. The van der Waals surface area contributed by atoms with Crippen LogP contribution in [0.3, 0.4) is 0 Å². The fourth-order valence-corrected chi connectivity index (χ4v) is 2.68. The van der Waals surface area contributed by atoms with Crippen LogP contribution in [0.15, 0.2) is 23.1 Å². The summed E-state index contributed by atoms with van der Waals surface area (Å²) in [4.78, 5) is 12.1. The largest absolute Gasteiger partial charge is 0.493 e. The molecule has 1 N–H and O–H groups in total. The monoisotopic (exact) mass is 296 g/mol. The average Bonchev–Trinajstić information content (AvgIpc) is 2.45. The maximum absolute atomic E-state index is 11.3. The van der Waals surface area contributed by atoms with Crippen LogP contribution in [0.5, 0.6) is 5.75 Å². The first-order chi connectivity index (χ1) is 9.70. The zero-order valence-corrected chi connectivity index (χ0v) is 13.2. The summed E-state index contributed by atoms with van der Waals surface area (Å²) in [6.07, 6.45) is 9.04. The van der Waals surface area contributed by atoms with E-state index in [9.17, 15) is 9.90 Å². The van der Waals surface area contributed by atoms with E-state index in [1.54, 1.807) is 6.07 Å². The standard InChI is InChI=1S/C16H24O3S/c1-3-4-5-6-7-8-12-19-13-10-9-11-14(20-2)15(13)16(17)18/h9-11H,3-8,12H2,1-2H3,(H,17,18). The third kappa shape index (κ3) is 5.45. The van der Waals surface area contributed by atoms with Gasteiger partial charge in [0.25, 0.3) is 0 Å². The van der Waals surface area contributed by atoms with Crippen LogP contribution in [0, 0.1) is 0 Å². The van der Waals surface area contributed by atoms with Crippen LogP contribution in [-0.2, 0) is 0 Å². The van der Waals surface area contributed by atoms with Gasteiger partial charge in [-0.25, -0.2) is 4.79 Å². The normalized spacial score (nSPS) is 10.5. The molecule has 0 atom stereocenters. The molecule has 0 saturated carbocycles. The minimum Gasteiger partial charge on any atom is -0.493 e. The molecule has 1 aromatic rings. The molecule has 0 amide bonds. The van der Waals surface area contributed by atoms with E-state index in [2.05, 4.69) is 6.92 Å². The summed E-state index contributed by atoms with van der Waals surface area (Å²) in [6, 6.07) is 5.39. The van der Waals surface area contributed by atoms with E-state index in [0.29, 0.717) is 12.4 Å². The zero-order valence-electron chi connectivity index (χ0n) is 12.4. The fraction of sp³-hybridized carbons (Fsp3) is 0.562. The van der Waals surface area contributed by atoms with Gasteiger partial charge in [0.2, 0.25) is 0 Å². The minimum atomic E-state index is -0.923. The van der Waals surface area contributed by atoms with Crippen molar-refractivity contribution < 1.29 is 14.6 Å². The second-order valence-corrected chi connectivity index (χ2v) is 5.60. The summed E-state index contributed by atoms with van der Waals surface area (Å²) < 4.78 is 5.65. The van der Waals surface area contributed by atoms with Crippen molar-refractivity contribution in [2.45, 2.75) is 50.3 Å². The predicted octanol–water partition coefficient (Wildman–Crippen LogP) is 4.85. The molecule has 0 spiro atoms. The van der Waals surface area contributed by atoms with Crippen molar-refractivity contribution in [3.63, 3.8) is 0 Å². The maximum Gasteiger partial charge on any atom is 0.340 e. The van der Waals surface area contributed by atoms with Crippen LogP contribution in [0.1, 0.15) is 55.8 Å². The number of carbonyl (C=O) groups is 1. The minimum absolute atomic E-state index is 0.283. The maximum atomic E-state index is 11.3. The van der Waals surface area contributed by atoms with E-state index in [0.717, 1.165) is 17.7 Å². The summed E-state index contributed by atoms with van der Waals surface area (Å²) in [5, 5.41) is 9.28. The van der Waals surface area contributed by atoms with Gasteiger partial charge in [0.05, 0.1) is 6.61 Å². The van der Waals surface area contributed by atoms with E-state index in [1.165, 1.54) is 37.4 Å². The Morgan fingerprint density at radius 2 is 1.90 bits per heavy atom. The Balaban J connectivity index is 2.45. The van der Waals surface area contributed by atoms with Gasteiger partial charge in [-0.15, -0.1) is 11.8 Å². The van der Waals surface area contributed by atoms with Gasteiger partial charge in [-0.1, -0.05) is 45.1 Å². The topological polar surface area (TPSA) is 46.5 Å². The molecule has 0 fully saturated rings. The molecular weight excluding hydrogens is 272 g/mol. The highest BCUT2D eigenvalue weighted by Gasteiger charge is 2.15. The molecule has 0 saturated heterocycles. The summed E-state index contributed by atoms with van der Waals surface area (Å²) in [6.45, 7) is 2.79. The van der Waals surface area contributed by atoms with Crippen molar-refractivity contribution in [1.82, 2.24) is 0 Å². The molecule has 0 aliphatic carbocycles. The Hall–Kier alpha value is -1.16. The molecule has 1 rings (SSSR count). The molecular formula is C16H24O3S. The molecule has 0 aliphatic heterocycles. The third-order valence-electron chi connectivity index (χ3n) is 3.18. The molecule has 0 unspecified atom stereocenters. The number of thioether (sulfide) groups is 1. The number of hydrogen-bond acceptors (Lipinski definition) is 3. The summed E-state index contributed by atoms with van der Waals surface area (Å²) in [7, 11) is 0. The quantitative estimate of drug-likeness (QED) is 0.495. The van der Waals surface area contributed by atoms with Crippen LogP contribution in [0.4, 0.5) is 0 Å². The Bertz CT molecular complexity index is 418. The summed E-state index contributed by atoms with van der Waals surface area (Å²) in [5.41, 5.74) is 0.283. The number of ether oxygens (including phenoxy) is 1. The number of aromatic carboxylic acids is 1. The molecule has 1 aromatic carbocycles. The molecule has 0 radical (unpaired) electrons. The smallest absolute Gasteiger partial charge is 0.340 e. The zero-order chi connectivity index (χ0) is 14.8. The van der Waals surface area contributed by atoms with Gasteiger partial charge < -0.3 is 9.84 Å². The number of unbranched alkanes of at least 4 members (excludes halogenated alkanes) is 5. The SMILES string of the molecule is CCCCCCCCOc1cccc(SC)c1C(=O)O. The number of carboxylic acid groups (broad SMARTS) is 1. The van der Waals surface area contributed by atoms with E-state index >= 15 is 0 Å². The van der Waals surface area contributed by atoms with Crippen molar-refractivity contribution in [3.05, 3.63) is 23.8 Å². The van der Waals surface area contributed by atoms with Crippen molar-refractivity contribution in [2.24, 2.45) is 0 Å². The molecule has 112 valence electrons. The van der Waals surface area contributed by atoms with Crippen LogP contribution in [-0.4, -0.2) is 23.9 Å². The molecule has 4 heteroatoms. The van der Waals surface area contributed by atoms with Gasteiger partial charge in [-0.05, 0) is 24.8 Å². The van der Waals surface area contributed by atoms with Gasteiger partial charge >= 0.3 is 5.97 Å². The average molecular weight is 296 g/mol.